The largest absolute Gasteiger partial charge is 0.506 e. The van der Waals surface area contributed by atoms with Crippen LogP contribution in [0.5, 0.6) is 34.5 Å². The van der Waals surface area contributed by atoms with E-state index in [0.717, 1.165) is 17.5 Å². The zero-order chi connectivity index (χ0) is 29.1. The summed E-state index contributed by atoms with van der Waals surface area (Å²) >= 11 is 0. The van der Waals surface area contributed by atoms with Gasteiger partial charge in [0.05, 0.1) is 32.7 Å². The fourth-order valence-corrected chi connectivity index (χ4v) is 5.42. The highest BCUT2D eigenvalue weighted by Gasteiger charge is 2.48. The molecule has 3 atom stereocenters. The van der Waals surface area contributed by atoms with E-state index in [-0.39, 0.29) is 12.5 Å². The van der Waals surface area contributed by atoms with Crippen LogP contribution in [0.1, 0.15) is 47.4 Å². The van der Waals surface area contributed by atoms with E-state index in [1.165, 1.54) is 14.2 Å². The summed E-state index contributed by atoms with van der Waals surface area (Å²) in [5.74, 6) is 0.236. The van der Waals surface area contributed by atoms with Gasteiger partial charge in [-0.15, -0.1) is 0 Å². The molecular weight excluding hydrogens is 536 g/mol. The summed E-state index contributed by atoms with van der Waals surface area (Å²) in [4.78, 5) is 23.6. The monoisotopic (exact) mass is 566 g/mol. The number of carbonyl (C=O) groups is 2. The molecule has 0 amide bonds. The smallest absolute Gasteiger partial charge is 0.497 e. The second-order valence-electron chi connectivity index (χ2n) is 9.48. The van der Waals surface area contributed by atoms with Gasteiger partial charge in [0.25, 0.3) is 0 Å². The minimum atomic E-state index is -1.47. The summed E-state index contributed by atoms with van der Waals surface area (Å²) in [5.41, 5.74) is 2.67. The molecule has 0 fully saturated rings. The van der Waals surface area contributed by atoms with Crippen molar-refractivity contribution in [2.45, 2.75) is 31.3 Å². The van der Waals surface area contributed by atoms with E-state index in [0.29, 0.717) is 46.5 Å². The Morgan fingerprint density at radius 1 is 0.805 bits per heavy atom. The highest BCUT2D eigenvalue weighted by molar-refractivity contribution is 5.69. The van der Waals surface area contributed by atoms with Crippen LogP contribution in [0.15, 0.2) is 48.5 Å². The molecule has 0 spiro atoms. The Morgan fingerprint density at radius 2 is 1.51 bits per heavy atom. The number of ether oxygens (including phenoxy) is 7. The number of carboxylic acid groups (broad SMARTS) is 2. The van der Waals surface area contributed by atoms with Crippen molar-refractivity contribution in [3.63, 3.8) is 0 Å². The number of benzene rings is 3. The predicted octanol–water partition coefficient (Wildman–Crippen LogP) is 5.03. The van der Waals surface area contributed by atoms with E-state index in [1.807, 2.05) is 25.1 Å². The van der Waals surface area contributed by atoms with Crippen molar-refractivity contribution in [3.05, 3.63) is 70.8 Å². The molecule has 216 valence electrons. The third-order valence-electron chi connectivity index (χ3n) is 7.06. The van der Waals surface area contributed by atoms with Crippen LogP contribution in [0.25, 0.3) is 0 Å². The maximum Gasteiger partial charge on any atom is 0.506 e. The highest BCUT2D eigenvalue weighted by Crippen LogP contribution is 2.55. The standard InChI is InChI=1S/C30H30O11/c1-4-9-37-17-6-7-18-20(10-17)28(19-8-5-16(35-2)11-23(19)38-14-26(31)32)29(41-30(33)34)27(18)21-12-24-25(40-15-39-24)13-22(21)36-3/h5-8,10-13,27-29H,4,9,14-15H2,1-3H3,(H,31,32)(H,33,34). The molecule has 5 rings (SSSR count). The average Bonchev–Trinajstić information content (AvgIpc) is 3.54. The Morgan fingerprint density at radius 3 is 2.20 bits per heavy atom. The fourth-order valence-electron chi connectivity index (χ4n) is 5.42. The molecule has 0 saturated carbocycles. The molecule has 11 nitrogen and oxygen atoms in total. The second kappa shape index (κ2) is 11.7. The van der Waals surface area contributed by atoms with Crippen molar-refractivity contribution in [2.24, 2.45) is 0 Å². The Kier molecular flexibility index (Phi) is 7.95. The Labute approximate surface area is 236 Å². The lowest BCUT2D eigenvalue weighted by atomic mass is 9.86. The summed E-state index contributed by atoms with van der Waals surface area (Å²) in [6.45, 7) is 1.93. The van der Waals surface area contributed by atoms with Crippen LogP contribution in [0.4, 0.5) is 4.79 Å². The van der Waals surface area contributed by atoms with Crippen molar-refractivity contribution in [2.75, 3.05) is 34.2 Å². The number of aliphatic carboxylic acids is 1. The molecule has 2 N–H and O–H groups in total. The number of carboxylic acids is 1. The normalized spacial score (nSPS) is 18.4. The van der Waals surface area contributed by atoms with E-state index < -0.39 is 36.7 Å². The predicted molar refractivity (Wildman–Crippen MR) is 144 cm³/mol. The molecule has 1 aliphatic heterocycles. The molecule has 1 aliphatic carbocycles. The van der Waals surface area contributed by atoms with Gasteiger partial charge in [-0.2, -0.15) is 0 Å². The van der Waals surface area contributed by atoms with Gasteiger partial charge in [0.1, 0.15) is 29.1 Å². The van der Waals surface area contributed by atoms with Crippen LogP contribution >= 0.6 is 0 Å². The maximum absolute atomic E-state index is 12.2. The molecule has 0 radical (unpaired) electrons. The van der Waals surface area contributed by atoms with Crippen molar-refractivity contribution >= 4 is 12.1 Å². The number of hydrogen-bond acceptors (Lipinski definition) is 9. The van der Waals surface area contributed by atoms with Crippen molar-refractivity contribution < 1.29 is 53.0 Å². The third-order valence-corrected chi connectivity index (χ3v) is 7.06. The Bertz CT molecular complexity index is 1450. The molecule has 11 heteroatoms. The molecule has 3 unspecified atom stereocenters. The lowest BCUT2D eigenvalue weighted by Gasteiger charge is -2.27. The van der Waals surface area contributed by atoms with Gasteiger partial charge in [-0.05, 0) is 41.8 Å². The minimum Gasteiger partial charge on any atom is -0.497 e. The van der Waals surface area contributed by atoms with E-state index >= 15 is 0 Å². The van der Waals surface area contributed by atoms with Crippen LogP contribution in [-0.2, 0) is 9.53 Å². The van der Waals surface area contributed by atoms with Crippen LogP contribution in [0, 0.1) is 0 Å². The summed E-state index contributed by atoms with van der Waals surface area (Å²) in [7, 11) is 3.00. The van der Waals surface area contributed by atoms with Crippen molar-refractivity contribution in [1.29, 1.82) is 0 Å². The van der Waals surface area contributed by atoms with Crippen LogP contribution in [0.2, 0.25) is 0 Å². The van der Waals surface area contributed by atoms with Gasteiger partial charge >= 0.3 is 12.1 Å². The minimum absolute atomic E-state index is 0.0507. The first-order valence-corrected chi connectivity index (χ1v) is 13.0. The zero-order valence-electron chi connectivity index (χ0n) is 22.7. The SMILES string of the molecule is CCCOc1ccc2c(c1)C(c1ccc(OC)cc1OCC(=O)O)C(OC(=O)O)C2c1cc2c(cc1OC)OCO2. The lowest BCUT2D eigenvalue weighted by Crippen LogP contribution is -2.27. The number of rotatable bonds is 11. The third kappa shape index (κ3) is 5.47. The van der Waals surface area contributed by atoms with Crippen molar-refractivity contribution in [1.82, 2.24) is 0 Å². The molecule has 1 heterocycles. The topological polar surface area (TPSA) is 139 Å². The summed E-state index contributed by atoms with van der Waals surface area (Å²) in [5, 5.41) is 19.2. The summed E-state index contributed by atoms with van der Waals surface area (Å²) < 4.78 is 39.5. The maximum atomic E-state index is 12.2. The number of fused-ring (bicyclic) bond motifs is 2. The molecule has 3 aromatic carbocycles. The van der Waals surface area contributed by atoms with E-state index in [2.05, 4.69) is 0 Å². The molecule has 2 aliphatic rings. The molecule has 0 saturated heterocycles. The molecule has 0 bridgehead atoms. The average molecular weight is 567 g/mol. The first-order chi connectivity index (χ1) is 19.8. The summed E-state index contributed by atoms with van der Waals surface area (Å²) in [6, 6.07) is 14.0. The molecule has 41 heavy (non-hydrogen) atoms. The quantitative estimate of drug-likeness (QED) is 0.302. The van der Waals surface area contributed by atoms with Gasteiger partial charge < -0.3 is 43.4 Å². The zero-order valence-corrected chi connectivity index (χ0v) is 22.7. The van der Waals surface area contributed by atoms with Gasteiger partial charge in [0.2, 0.25) is 6.79 Å². The van der Waals surface area contributed by atoms with E-state index in [1.54, 1.807) is 30.3 Å². The van der Waals surface area contributed by atoms with Crippen LogP contribution < -0.4 is 28.4 Å². The molecular formula is C30H30O11. The molecule has 3 aromatic rings. The van der Waals surface area contributed by atoms with Gasteiger partial charge in [-0.25, -0.2) is 9.59 Å². The Balaban J connectivity index is 1.73. The highest BCUT2D eigenvalue weighted by atomic mass is 16.7. The lowest BCUT2D eigenvalue weighted by molar-refractivity contribution is -0.139. The van der Waals surface area contributed by atoms with E-state index in [4.69, 9.17) is 33.2 Å². The van der Waals surface area contributed by atoms with Gasteiger partial charge in [-0.1, -0.05) is 19.1 Å². The van der Waals surface area contributed by atoms with Crippen LogP contribution in [-0.4, -0.2) is 62.7 Å². The Hall–Kier alpha value is -4.80. The van der Waals surface area contributed by atoms with Crippen LogP contribution in [0.3, 0.4) is 0 Å². The first kappa shape index (κ1) is 27.8. The molecule has 0 aromatic heterocycles. The second-order valence-corrected chi connectivity index (χ2v) is 9.48. The fraction of sp³-hybridized carbons (Fsp3) is 0.333. The van der Waals surface area contributed by atoms with Gasteiger partial charge in [0.15, 0.2) is 18.1 Å². The number of methoxy groups -OCH3 is 2. The summed E-state index contributed by atoms with van der Waals surface area (Å²) in [6.07, 6.45) is -1.67. The van der Waals surface area contributed by atoms with Crippen molar-refractivity contribution in [3.8, 4) is 34.5 Å². The van der Waals surface area contributed by atoms with E-state index in [9.17, 15) is 19.8 Å². The van der Waals surface area contributed by atoms with Gasteiger partial charge in [0, 0.05) is 23.3 Å². The number of hydrogen-bond donors (Lipinski definition) is 2. The first-order valence-electron chi connectivity index (χ1n) is 13.0. The van der Waals surface area contributed by atoms with Gasteiger partial charge in [-0.3, -0.25) is 0 Å².